The highest BCUT2D eigenvalue weighted by molar-refractivity contribution is 5.94. The van der Waals surface area contributed by atoms with Crippen LogP contribution in [0.3, 0.4) is 0 Å². The van der Waals surface area contributed by atoms with Gasteiger partial charge in [0.25, 0.3) is 5.91 Å². The maximum absolute atomic E-state index is 12.0. The lowest BCUT2D eigenvalue weighted by atomic mass is 10.1. The summed E-state index contributed by atoms with van der Waals surface area (Å²) < 4.78 is 0. The molecule has 0 saturated heterocycles. The summed E-state index contributed by atoms with van der Waals surface area (Å²) in [5.41, 5.74) is 3.84. The van der Waals surface area contributed by atoms with Crippen LogP contribution < -0.4 is 5.32 Å². The van der Waals surface area contributed by atoms with Gasteiger partial charge >= 0.3 is 0 Å². The Bertz CT molecular complexity index is 762. The summed E-state index contributed by atoms with van der Waals surface area (Å²) in [6, 6.07) is 15.3. The van der Waals surface area contributed by atoms with Gasteiger partial charge in [0.2, 0.25) is 0 Å². The minimum atomic E-state index is -0.0568. The zero-order valence-electron chi connectivity index (χ0n) is 11.9. The largest absolute Gasteiger partial charge is 0.348 e. The lowest BCUT2D eigenvalue weighted by Gasteiger charge is -2.05. The third-order valence-corrected chi connectivity index (χ3v) is 3.54. The molecule has 0 atom stereocenters. The number of fused-ring (bicyclic) bond motifs is 1. The summed E-state index contributed by atoms with van der Waals surface area (Å²) in [7, 11) is 0. The second kappa shape index (κ2) is 5.79. The molecule has 0 aliphatic heterocycles. The van der Waals surface area contributed by atoms with Crippen molar-refractivity contribution in [2.75, 3.05) is 0 Å². The van der Waals surface area contributed by atoms with E-state index in [4.69, 9.17) is 0 Å². The molecule has 0 fully saturated rings. The maximum Gasteiger partial charge on any atom is 0.251 e. The third-order valence-electron chi connectivity index (χ3n) is 3.54. The van der Waals surface area contributed by atoms with E-state index in [-0.39, 0.29) is 5.91 Å². The molecule has 0 radical (unpaired) electrons. The van der Waals surface area contributed by atoms with Crippen LogP contribution in [0.1, 0.15) is 28.5 Å². The molecule has 2 N–H and O–H groups in total. The fourth-order valence-corrected chi connectivity index (χ4v) is 2.36. The van der Waals surface area contributed by atoms with E-state index in [1.54, 1.807) is 0 Å². The highest BCUT2D eigenvalue weighted by Gasteiger charge is 2.07. The van der Waals surface area contributed by atoms with E-state index in [0.29, 0.717) is 12.1 Å². The third kappa shape index (κ3) is 2.79. The topological polar surface area (TPSA) is 57.8 Å². The van der Waals surface area contributed by atoms with Crippen molar-refractivity contribution in [3.8, 4) is 0 Å². The van der Waals surface area contributed by atoms with Crippen LogP contribution >= 0.6 is 0 Å². The van der Waals surface area contributed by atoms with Crippen molar-refractivity contribution in [2.45, 2.75) is 19.9 Å². The van der Waals surface area contributed by atoms with E-state index in [9.17, 15) is 4.79 Å². The van der Waals surface area contributed by atoms with E-state index in [0.717, 1.165) is 28.6 Å². The first-order valence-electron chi connectivity index (χ1n) is 7.07. The van der Waals surface area contributed by atoms with Crippen molar-refractivity contribution in [1.82, 2.24) is 15.5 Å². The molecule has 4 nitrogen and oxygen atoms in total. The fourth-order valence-electron chi connectivity index (χ4n) is 2.36. The number of nitrogens with zero attached hydrogens (tertiary/aromatic N) is 1. The number of amides is 1. The summed E-state index contributed by atoms with van der Waals surface area (Å²) >= 11 is 0. The van der Waals surface area contributed by atoms with Gasteiger partial charge in [-0.1, -0.05) is 31.2 Å². The number of carbonyl (C=O) groups is 1. The smallest absolute Gasteiger partial charge is 0.251 e. The van der Waals surface area contributed by atoms with Crippen LogP contribution in [-0.2, 0) is 13.0 Å². The van der Waals surface area contributed by atoms with Gasteiger partial charge in [0.05, 0.1) is 5.52 Å². The van der Waals surface area contributed by atoms with E-state index in [1.165, 1.54) is 0 Å². The predicted molar refractivity (Wildman–Crippen MR) is 83.1 cm³/mol. The number of nitrogens with one attached hydrogen (secondary N) is 2. The average Bonchev–Trinajstić information content (AvgIpc) is 2.95. The molecule has 1 heterocycles. The first-order chi connectivity index (χ1) is 10.3. The predicted octanol–water partition coefficient (Wildman–Crippen LogP) is 3.06. The Morgan fingerprint density at radius 1 is 1.19 bits per heavy atom. The second-order valence-corrected chi connectivity index (χ2v) is 4.96. The van der Waals surface area contributed by atoms with Gasteiger partial charge in [-0.2, -0.15) is 5.10 Å². The molecule has 106 valence electrons. The van der Waals surface area contributed by atoms with Crippen molar-refractivity contribution in [3.05, 3.63) is 65.4 Å². The van der Waals surface area contributed by atoms with Crippen LogP contribution in [0.15, 0.2) is 48.5 Å². The number of aromatic nitrogens is 2. The Kier molecular flexibility index (Phi) is 3.69. The second-order valence-electron chi connectivity index (χ2n) is 4.96. The maximum atomic E-state index is 12.0. The van der Waals surface area contributed by atoms with E-state index in [1.807, 2.05) is 42.5 Å². The number of carbonyl (C=O) groups excluding carboxylic acids is 1. The van der Waals surface area contributed by atoms with Gasteiger partial charge in [-0.3, -0.25) is 9.89 Å². The van der Waals surface area contributed by atoms with Gasteiger partial charge in [-0.25, -0.2) is 0 Å². The lowest BCUT2D eigenvalue weighted by molar-refractivity contribution is 0.0951. The fraction of sp³-hybridized carbons (Fsp3) is 0.176. The minimum absolute atomic E-state index is 0.0568. The monoisotopic (exact) mass is 279 g/mol. The Morgan fingerprint density at radius 3 is 2.76 bits per heavy atom. The molecule has 0 spiro atoms. The Labute approximate surface area is 123 Å². The van der Waals surface area contributed by atoms with Gasteiger partial charge < -0.3 is 5.32 Å². The molecule has 0 saturated carbocycles. The van der Waals surface area contributed by atoms with Gasteiger partial charge in [-0.05, 0) is 36.2 Å². The Hall–Kier alpha value is -2.62. The van der Waals surface area contributed by atoms with Gasteiger partial charge in [0, 0.05) is 23.2 Å². The molecule has 0 bridgehead atoms. The Balaban J connectivity index is 1.74. The zero-order chi connectivity index (χ0) is 14.7. The van der Waals surface area contributed by atoms with Crippen LogP contribution in [0.2, 0.25) is 0 Å². The summed E-state index contributed by atoms with van der Waals surface area (Å²) in [5.74, 6) is -0.0568. The molecule has 0 aliphatic carbocycles. The van der Waals surface area contributed by atoms with E-state index >= 15 is 0 Å². The SMILES string of the molecule is CCc1[nH]nc2ccc(CNC(=O)c3ccccc3)cc12. The van der Waals surface area contributed by atoms with Crippen LogP contribution in [-0.4, -0.2) is 16.1 Å². The van der Waals surface area contributed by atoms with Crippen LogP contribution in [0.5, 0.6) is 0 Å². The van der Waals surface area contributed by atoms with Gasteiger partial charge in [0.1, 0.15) is 0 Å². The van der Waals surface area contributed by atoms with E-state index < -0.39 is 0 Å². The molecule has 2 aromatic carbocycles. The summed E-state index contributed by atoms with van der Waals surface area (Å²) in [5, 5.41) is 11.4. The number of aromatic amines is 1. The van der Waals surface area contributed by atoms with E-state index in [2.05, 4.69) is 28.5 Å². The van der Waals surface area contributed by atoms with Gasteiger partial charge in [0.15, 0.2) is 0 Å². The minimum Gasteiger partial charge on any atom is -0.348 e. The number of rotatable bonds is 4. The molecule has 0 aliphatic rings. The number of hydrogen-bond acceptors (Lipinski definition) is 2. The lowest BCUT2D eigenvalue weighted by Crippen LogP contribution is -2.22. The Morgan fingerprint density at radius 2 is 2.00 bits per heavy atom. The van der Waals surface area contributed by atoms with Crippen molar-refractivity contribution in [2.24, 2.45) is 0 Å². The summed E-state index contributed by atoms with van der Waals surface area (Å²) in [6.07, 6.45) is 0.913. The first kappa shape index (κ1) is 13.4. The average molecular weight is 279 g/mol. The molecule has 1 amide bonds. The molecular formula is C17H17N3O. The van der Waals surface area contributed by atoms with Crippen LogP contribution in [0.25, 0.3) is 10.9 Å². The van der Waals surface area contributed by atoms with Gasteiger partial charge in [-0.15, -0.1) is 0 Å². The van der Waals surface area contributed by atoms with Crippen molar-refractivity contribution < 1.29 is 4.79 Å². The highest BCUT2D eigenvalue weighted by atomic mass is 16.1. The van der Waals surface area contributed by atoms with Crippen LogP contribution in [0.4, 0.5) is 0 Å². The molecule has 3 aromatic rings. The molecule has 1 aromatic heterocycles. The quantitative estimate of drug-likeness (QED) is 0.771. The molecule has 3 rings (SSSR count). The van der Waals surface area contributed by atoms with Crippen molar-refractivity contribution in [1.29, 1.82) is 0 Å². The van der Waals surface area contributed by atoms with Crippen molar-refractivity contribution in [3.63, 3.8) is 0 Å². The highest BCUT2D eigenvalue weighted by Crippen LogP contribution is 2.18. The standard InChI is InChI=1S/C17H17N3O/c1-2-15-14-10-12(8-9-16(14)20-19-15)11-18-17(21)13-6-4-3-5-7-13/h3-10H,2,11H2,1H3,(H,18,21)(H,19,20). The van der Waals surface area contributed by atoms with Crippen molar-refractivity contribution >= 4 is 16.8 Å². The molecule has 0 unspecified atom stereocenters. The number of H-pyrrole nitrogens is 1. The van der Waals surface area contributed by atoms with Crippen LogP contribution in [0, 0.1) is 0 Å². The molecular weight excluding hydrogens is 262 g/mol. The molecule has 4 heteroatoms. The number of aryl methyl sites for hydroxylation is 1. The molecule has 21 heavy (non-hydrogen) atoms. The summed E-state index contributed by atoms with van der Waals surface area (Å²) in [6.45, 7) is 2.61. The number of benzene rings is 2. The number of hydrogen-bond donors (Lipinski definition) is 2. The first-order valence-corrected chi connectivity index (χ1v) is 7.07. The normalized spacial score (nSPS) is 10.7. The summed E-state index contributed by atoms with van der Waals surface area (Å²) in [4.78, 5) is 12.0. The zero-order valence-corrected chi connectivity index (χ0v) is 11.9.